The molecule has 28 heavy (non-hydrogen) atoms. The van der Waals surface area contributed by atoms with E-state index in [9.17, 15) is 4.79 Å². The number of nitriles is 1. The average molecular weight is 379 g/mol. The Morgan fingerprint density at radius 1 is 1.00 bits per heavy atom. The number of hydrogen-bond acceptors (Lipinski definition) is 5. The normalized spacial score (nSPS) is 14.8. The van der Waals surface area contributed by atoms with Gasteiger partial charge in [-0.05, 0) is 42.3 Å². The van der Waals surface area contributed by atoms with E-state index in [1.54, 1.807) is 32.4 Å². The first-order valence-corrected chi connectivity index (χ1v) is 9.37. The zero-order chi connectivity index (χ0) is 19.9. The summed E-state index contributed by atoms with van der Waals surface area (Å²) >= 11 is 0. The molecule has 0 radical (unpaired) electrons. The van der Waals surface area contributed by atoms with Crippen molar-refractivity contribution in [3.05, 3.63) is 59.2 Å². The van der Waals surface area contributed by atoms with Gasteiger partial charge in [-0.2, -0.15) is 5.26 Å². The summed E-state index contributed by atoms with van der Waals surface area (Å²) in [6.07, 6.45) is 0.926. The highest BCUT2D eigenvalue weighted by molar-refractivity contribution is 5.95. The quantitative estimate of drug-likeness (QED) is 0.799. The van der Waals surface area contributed by atoms with Crippen molar-refractivity contribution in [2.45, 2.75) is 13.0 Å². The van der Waals surface area contributed by atoms with Gasteiger partial charge in [0.25, 0.3) is 5.91 Å². The Morgan fingerprint density at radius 3 is 2.43 bits per heavy atom. The first-order chi connectivity index (χ1) is 13.6. The van der Waals surface area contributed by atoms with Crippen LogP contribution < -0.4 is 9.47 Å². The van der Waals surface area contributed by atoms with Crippen LogP contribution in [0.15, 0.2) is 42.5 Å². The van der Waals surface area contributed by atoms with Crippen LogP contribution in [0.1, 0.15) is 27.9 Å². The summed E-state index contributed by atoms with van der Waals surface area (Å²) < 4.78 is 10.6. The molecule has 0 saturated carbocycles. The highest BCUT2D eigenvalue weighted by atomic mass is 16.5. The Balaban J connectivity index is 1.62. The highest BCUT2D eigenvalue weighted by Crippen LogP contribution is 2.28. The second-order valence-corrected chi connectivity index (χ2v) is 6.80. The number of carbonyl (C=O) groups excluding carboxylic acids is 1. The smallest absolute Gasteiger partial charge is 0.254 e. The molecular weight excluding hydrogens is 354 g/mol. The van der Waals surface area contributed by atoms with Gasteiger partial charge in [0.2, 0.25) is 0 Å². The maximum Gasteiger partial charge on any atom is 0.254 e. The van der Waals surface area contributed by atoms with Crippen LogP contribution in [0.5, 0.6) is 11.5 Å². The van der Waals surface area contributed by atoms with Crippen molar-refractivity contribution in [1.29, 1.82) is 5.26 Å². The molecule has 0 N–H and O–H groups in total. The van der Waals surface area contributed by atoms with Gasteiger partial charge in [0.15, 0.2) is 11.5 Å². The minimum atomic E-state index is 0.0150. The molecule has 0 spiro atoms. The molecule has 1 fully saturated rings. The molecule has 2 aromatic carbocycles. The summed E-state index contributed by atoms with van der Waals surface area (Å²) in [5.74, 6) is 1.19. The van der Waals surface area contributed by atoms with Gasteiger partial charge in [0, 0.05) is 38.3 Å². The second-order valence-electron chi connectivity index (χ2n) is 6.80. The van der Waals surface area contributed by atoms with Crippen LogP contribution >= 0.6 is 0 Å². The Bertz CT molecular complexity index is 858. The summed E-state index contributed by atoms with van der Waals surface area (Å²) in [4.78, 5) is 17.2. The van der Waals surface area contributed by atoms with Gasteiger partial charge in [0.05, 0.1) is 25.9 Å². The molecule has 1 amide bonds. The van der Waals surface area contributed by atoms with E-state index in [-0.39, 0.29) is 5.91 Å². The van der Waals surface area contributed by atoms with Gasteiger partial charge in [-0.3, -0.25) is 9.69 Å². The third-order valence-electron chi connectivity index (χ3n) is 5.00. The predicted molar refractivity (Wildman–Crippen MR) is 107 cm³/mol. The molecule has 1 saturated heterocycles. The van der Waals surface area contributed by atoms with E-state index in [1.807, 2.05) is 29.2 Å². The van der Waals surface area contributed by atoms with Crippen molar-refractivity contribution in [2.75, 3.05) is 40.4 Å². The van der Waals surface area contributed by atoms with Crippen molar-refractivity contribution in [2.24, 2.45) is 0 Å². The minimum absolute atomic E-state index is 0.0150. The second kappa shape index (κ2) is 9.25. The zero-order valence-electron chi connectivity index (χ0n) is 16.4. The average Bonchev–Trinajstić information content (AvgIpc) is 2.98. The summed E-state index contributed by atoms with van der Waals surface area (Å²) in [5, 5.41) is 8.91. The lowest BCUT2D eigenvalue weighted by molar-refractivity contribution is 0.0760. The van der Waals surface area contributed by atoms with Gasteiger partial charge in [-0.1, -0.05) is 12.1 Å². The number of methoxy groups -OCH3 is 2. The van der Waals surface area contributed by atoms with Crippen LogP contribution in [0.3, 0.4) is 0 Å². The summed E-state index contributed by atoms with van der Waals surface area (Å²) in [7, 11) is 3.15. The Labute approximate surface area is 165 Å². The molecule has 146 valence electrons. The van der Waals surface area contributed by atoms with Crippen LogP contribution in [0.4, 0.5) is 0 Å². The summed E-state index contributed by atoms with van der Waals surface area (Å²) in [6, 6.07) is 15.1. The van der Waals surface area contributed by atoms with Crippen LogP contribution in [0.25, 0.3) is 0 Å². The fraction of sp³-hybridized carbons (Fsp3) is 0.364. The molecule has 1 heterocycles. The Morgan fingerprint density at radius 2 is 1.75 bits per heavy atom. The van der Waals surface area contributed by atoms with E-state index >= 15 is 0 Å². The van der Waals surface area contributed by atoms with E-state index in [0.717, 1.165) is 32.6 Å². The third-order valence-corrected chi connectivity index (χ3v) is 5.00. The van der Waals surface area contributed by atoms with Crippen LogP contribution in [-0.2, 0) is 6.54 Å². The van der Waals surface area contributed by atoms with Crippen LogP contribution in [-0.4, -0.2) is 56.1 Å². The molecular formula is C22H25N3O3. The molecule has 0 atom stereocenters. The van der Waals surface area contributed by atoms with Gasteiger partial charge in [0.1, 0.15) is 0 Å². The maximum atomic E-state index is 12.9. The third kappa shape index (κ3) is 4.62. The topological polar surface area (TPSA) is 65.8 Å². The van der Waals surface area contributed by atoms with E-state index in [4.69, 9.17) is 14.7 Å². The standard InChI is InChI=1S/C22H25N3O3/c1-27-20-9-8-19(14-21(20)28-2)22(26)25-11-3-10-24(12-13-25)16-18-6-4-17(15-23)5-7-18/h4-9,14H,3,10-13,16H2,1-2H3. The van der Waals surface area contributed by atoms with Crippen molar-refractivity contribution in [1.82, 2.24) is 9.80 Å². The summed E-state index contributed by atoms with van der Waals surface area (Å²) in [6.45, 7) is 4.00. The van der Waals surface area contributed by atoms with Crippen molar-refractivity contribution in [3.8, 4) is 17.6 Å². The molecule has 0 aliphatic carbocycles. The van der Waals surface area contributed by atoms with Crippen LogP contribution in [0.2, 0.25) is 0 Å². The largest absolute Gasteiger partial charge is 0.493 e. The van der Waals surface area contributed by atoms with Crippen molar-refractivity contribution in [3.63, 3.8) is 0 Å². The fourth-order valence-electron chi connectivity index (χ4n) is 3.43. The van der Waals surface area contributed by atoms with Crippen molar-refractivity contribution >= 4 is 5.91 Å². The number of amides is 1. The molecule has 2 aromatic rings. The zero-order valence-corrected chi connectivity index (χ0v) is 16.4. The van der Waals surface area contributed by atoms with E-state index in [0.29, 0.717) is 29.2 Å². The first-order valence-electron chi connectivity index (χ1n) is 9.37. The number of hydrogen-bond donors (Lipinski definition) is 0. The SMILES string of the molecule is COc1ccc(C(=O)N2CCCN(Cc3ccc(C#N)cc3)CC2)cc1OC. The van der Waals surface area contributed by atoms with Crippen LogP contribution in [0, 0.1) is 11.3 Å². The molecule has 0 bridgehead atoms. The maximum absolute atomic E-state index is 12.9. The fourth-order valence-corrected chi connectivity index (χ4v) is 3.43. The summed E-state index contributed by atoms with van der Waals surface area (Å²) in [5.41, 5.74) is 2.46. The Kier molecular flexibility index (Phi) is 6.51. The molecule has 0 aromatic heterocycles. The van der Waals surface area contributed by atoms with E-state index < -0.39 is 0 Å². The van der Waals surface area contributed by atoms with E-state index in [2.05, 4.69) is 11.0 Å². The lowest BCUT2D eigenvalue weighted by atomic mass is 10.1. The lowest BCUT2D eigenvalue weighted by Gasteiger charge is -2.22. The molecule has 6 nitrogen and oxygen atoms in total. The van der Waals surface area contributed by atoms with Gasteiger partial charge in [-0.25, -0.2) is 0 Å². The number of rotatable bonds is 5. The Hall–Kier alpha value is -3.04. The predicted octanol–water partition coefficient (Wildman–Crippen LogP) is 2.92. The molecule has 1 aliphatic rings. The molecule has 1 aliphatic heterocycles. The number of benzene rings is 2. The minimum Gasteiger partial charge on any atom is -0.493 e. The number of carbonyl (C=O) groups is 1. The van der Waals surface area contributed by atoms with Gasteiger partial charge in [-0.15, -0.1) is 0 Å². The molecule has 6 heteroatoms. The van der Waals surface area contributed by atoms with Gasteiger partial charge >= 0.3 is 0 Å². The molecule has 0 unspecified atom stereocenters. The number of ether oxygens (including phenoxy) is 2. The highest BCUT2D eigenvalue weighted by Gasteiger charge is 2.21. The first kappa shape index (κ1) is 19.7. The van der Waals surface area contributed by atoms with E-state index in [1.165, 1.54) is 5.56 Å². The number of nitrogens with zero attached hydrogens (tertiary/aromatic N) is 3. The monoisotopic (exact) mass is 379 g/mol. The van der Waals surface area contributed by atoms with Gasteiger partial charge < -0.3 is 14.4 Å². The lowest BCUT2D eigenvalue weighted by Crippen LogP contribution is -2.35. The van der Waals surface area contributed by atoms with Crippen molar-refractivity contribution < 1.29 is 14.3 Å². The molecule has 3 rings (SSSR count).